The third-order valence-electron chi connectivity index (χ3n) is 3.10. The number of hydrogen-bond donors (Lipinski definition) is 0. The van der Waals surface area contributed by atoms with E-state index in [1.54, 1.807) is 24.3 Å². The van der Waals surface area contributed by atoms with Crippen LogP contribution in [0.4, 0.5) is 10.1 Å². The van der Waals surface area contributed by atoms with Crippen LogP contribution in [0.15, 0.2) is 42.5 Å². The maximum atomic E-state index is 13.2. The van der Waals surface area contributed by atoms with Gasteiger partial charge in [0, 0.05) is 12.1 Å². The summed E-state index contributed by atoms with van der Waals surface area (Å²) >= 11 is 0. The van der Waals surface area contributed by atoms with Gasteiger partial charge in [-0.25, -0.2) is 9.18 Å². The molecule has 1 atom stereocenters. The molecule has 2 aromatic carbocycles. The highest BCUT2D eigenvalue weighted by atomic mass is 19.1. The van der Waals surface area contributed by atoms with Crippen LogP contribution in [-0.4, -0.2) is 23.6 Å². The van der Waals surface area contributed by atoms with Gasteiger partial charge in [-0.2, -0.15) is 0 Å². The number of para-hydroxylation sites is 2. The van der Waals surface area contributed by atoms with E-state index in [1.807, 2.05) is 0 Å². The van der Waals surface area contributed by atoms with Crippen LogP contribution in [0.1, 0.15) is 0 Å². The molecule has 0 saturated carbocycles. The van der Waals surface area contributed by atoms with E-state index in [0.717, 1.165) is 18.2 Å². The first-order valence-electron chi connectivity index (χ1n) is 6.59. The van der Waals surface area contributed by atoms with E-state index in [1.165, 1.54) is 0 Å². The number of ether oxygens (including phenoxy) is 3. The van der Waals surface area contributed by atoms with Crippen LogP contribution in [0.5, 0.6) is 17.2 Å². The average Bonchev–Trinajstić information content (AvgIpc) is 2.54. The van der Waals surface area contributed by atoms with Gasteiger partial charge in [0.1, 0.15) is 12.4 Å². The first kappa shape index (κ1) is 14.8. The molecule has 0 N–H and O–H groups in total. The summed E-state index contributed by atoms with van der Waals surface area (Å²) in [6.07, 6.45) is -1.10. The van der Waals surface area contributed by atoms with E-state index in [2.05, 4.69) is 0 Å². The van der Waals surface area contributed by atoms with E-state index in [0.29, 0.717) is 11.5 Å². The van der Waals surface area contributed by atoms with Crippen molar-refractivity contribution in [2.75, 3.05) is 6.61 Å². The van der Waals surface area contributed by atoms with Crippen molar-refractivity contribution in [3.63, 3.8) is 0 Å². The molecule has 1 aliphatic heterocycles. The number of nitro benzene ring substituents is 1. The summed E-state index contributed by atoms with van der Waals surface area (Å²) in [4.78, 5) is 22.2. The van der Waals surface area contributed by atoms with E-state index in [-0.39, 0.29) is 6.61 Å². The van der Waals surface area contributed by atoms with Gasteiger partial charge in [0.2, 0.25) is 11.9 Å². The maximum Gasteiger partial charge on any atom is 0.356 e. The predicted octanol–water partition coefficient (Wildman–Crippen LogP) is 2.48. The van der Waals surface area contributed by atoms with Crippen LogP contribution < -0.4 is 14.2 Å². The summed E-state index contributed by atoms with van der Waals surface area (Å²) in [5.74, 6) is -1.32. The van der Waals surface area contributed by atoms with Gasteiger partial charge >= 0.3 is 11.7 Å². The van der Waals surface area contributed by atoms with Gasteiger partial charge in [-0.15, -0.1) is 0 Å². The minimum absolute atomic E-state index is 0.112. The quantitative estimate of drug-likeness (QED) is 0.374. The minimum atomic E-state index is -1.10. The summed E-state index contributed by atoms with van der Waals surface area (Å²) in [6, 6.07) is 9.34. The lowest BCUT2D eigenvalue weighted by Gasteiger charge is -2.24. The molecule has 0 unspecified atom stereocenters. The molecule has 2 aromatic rings. The Morgan fingerprint density at radius 3 is 2.74 bits per heavy atom. The van der Waals surface area contributed by atoms with E-state index >= 15 is 0 Å². The number of rotatable bonds is 3. The van der Waals surface area contributed by atoms with Gasteiger partial charge < -0.3 is 14.2 Å². The number of hydrogen-bond acceptors (Lipinski definition) is 6. The zero-order valence-electron chi connectivity index (χ0n) is 11.6. The van der Waals surface area contributed by atoms with Gasteiger partial charge in [-0.3, -0.25) is 10.1 Å². The van der Waals surface area contributed by atoms with Gasteiger partial charge in [-0.05, 0) is 18.2 Å². The third-order valence-corrected chi connectivity index (χ3v) is 3.10. The third kappa shape index (κ3) is 3.05. The molecule has 0 radical (unpaired) electrons. The van der Waals surface area contributed by atoms with Crippen LogP contribution in [0.2, 0.25) is 0 Å². The molecule has 0 saturated heterocycles. The van der Waals surface area contributed by atoms with Crippen molar-refractivity contribution in [1.82, 2.24) is 0 Å². The highest BCUT2D eigenvalue weighted by Gasteiger charge is 2.31. The fourth-order valence-electron chi connectivity index (χ4n) is 2.03. The SMILES string of the molecule is O=C(Oc1cc(F)ccc1[N+](=O)[O-])[C@H]1COc2ccccc2O1. The number of nitro groups is 1. The zero-order valence-corrected chi connectivity index (χ0v) is 11.6. The van der Waals surface area contributed by atoms with Crippen molar-refractivity contribution in [1.29, 1.82) is 0 Å². The van der Waals surface area contributed by atoms with Crippen molar-refractivity contribution in [3.8, 4) is 17.2 Å². The first-order chi connectivity index (χ1) is 11.0. The molecular weight excluding hydrogens is 309 g/mol. The van der Waals surface area contributed by atoms with E-state index in [9.17, 15) is 19.3 Å². The minimum Gasteiger partial charge on any atom is -0.485 e. The number of fused-ring (bicyclic) bond motifs is 1. The zero-order chi connectivity index (χ0) is 16.4. The Bertz CT molecular complexity index is 778. The second-order valence-electron chi connectivity index (χ2n) is 4.65. The van der Waals surface area contributed by atoms with Crippen molar-refractivity contribution >= 4 is 11.7 Å². The largest absolute Gasteiger partial charge is 0.485 e. The second kappa shape index (κ2) is 5.91. The first-order valence-corrected chi connectivity index (χ1v) is 6.59. The van der Waals surface area contributed by atoms with Crippen LogP contribution in [0, 0.1) is 15.9 Å². The number of esters is 1. The van der Waals surface area contributed by atoms with Crippen molar-refractivity contribution in [2.24, 2.45) is 0 Å². The van der Waals surface area contributed by atoms with Crippen molar-refractivity contribution < 1.29 is 28.3 Å². The number of halogens is 1. The molecule has 0 aliphatic carbocycles. The number of nitrogens with zero attached hydrogens (tertiary/aromatic N) is 1. The molecule has 1 heterocycles. The van der Waals surface area contributed by atoms with Gasteiger partial charge in [0.25, 0.3) is 0 Å². The number of benzene rings is 2. The molecule has 118 valence electrons. The highest BCUT2D eigenvalue weighted by Crippen LogP contribution is 2.32. The molecule has 0 fully saturated rings. The highest BCUT2D eigenvalue weighted by molar-refractivity contribution is 5.79. The number of carbonyl (C=O) groups is 1. The summed E-state index contributed by atoms with van der Waals surface area (Å²) in [7, 11) is 0. The molecule has 7 nitrogen and oxygen atoms in total. The van der Waals surface area contributed by atoms with E-state index in [4.69, 9.17) is 14.2 Å². The molecule has 3 rings (SSSR count). The van der Waals surface area contributed by atoms with Crippen LogP contribution in [0.3, 0.4) is 0 Å². The fraction of sp³-hybridized carbons (Fsp3) is 0.133. The van der Waals surface area contributed by atoms with Gasteiger partial charge in [-0.1, -0.05) is 12.1 Å². The molecule has 0 amide bonds. The molecule has 0 bridgehead atoms. The lowest BCUT2D eigenvalue weighted by molar-refractivity contribution is -0.385. The van der Waals surface area contributed by atoms with Crippen LogP contribution >= 0.6 is 0 Å². The van der Waals surface area contributed by atoms with Crippen molar-refractivity contribution in [3.05, 3.63) is 58.4 Å². The maximum absolute atomic E-state index is 13.2. The standard InChI is InChI=1S/C15H10FNO6/c16-9-5-6-10(17(19)20)13(7-9)23-15(18)14-8-21-11-3-1-2-4-12(11)22-14/h1-7,14H,8H2/t14-/m1/s1. The summed E-state index contributed by atoms with van der Waals surface area (Å²) in [5.41, 5.74) is -0.517. The number of carbonyl (C=O) groups excluding carboxylic acids is 1. The summed E-state index contributed by atoms with van der Waals surface area (Å²) in [6.45, 7) is -0.112. The lowest BCUT2D eigenvalue weighted by atomic mass is 10.2. The molecule has 0 spiro atoms. The fourth-order valence-corrected chi connectivity index (χ4v) is 2.03. The smallest absolute Gasteiger partial charge is 0.356 e. The molecule has 1 aliphatic rings. The Hall–Kier alpha value is -3.16. The molecule has 0 aromatic heterocycles. The topological polar surface area (TPSA) is 87.9 Å². The Morgan fingerprint density at radius 2 is 2.00 bits per heavy atom. The molecule has 23 heavy (non-hydrogen) atoms. The Kier molecular flexibility index (Phi) is 3.80. The molecule has 8 heteroatoms. The Balaban J connectivity index is 1.78. The van der Waals surface area contributed by atoms with E-state index < -0.39 is 34.3 Å². The van der Waals surface area contributed by atoms with Crippen LogP contribution in [0.25, 0.3) is 0 Å². The normalized spacial score (nSPS) is 15.8. The lowest BCUT2D eigenvalue weighted by Crippen LogP contribution is -2.39. The summed E-state index contributed by atoms with van der Waals surface area (Å²) in [5, 5.41) is 10.9. The van der Waals surface area contributed by atoms with Crippen LogP contribution in [-0.2, 0) is 4.79 Å². The summed E-state index contributed by atoms with van der Waals surface area (Å²) < 4.78 is 28.9. The monoisotopic (exact) mass is 319 g/mol. The molecular formula is C15H10FNO6. The Labute approximate surface area is 129 Å². The van der Waals surface area contributed by atoms with Gasteiger partial charge in [0.05, 0.1) is 4.92 Å². The Morgan fingerprint density at radius 1 is 1.26 bits per heavy atom. The predicted molar refractivity (Wildman–Crippen MR) is 75.0 cm³/mol. The van der Waals surface area contributed by atoms with Crippen molar-refractivity contribution in [2.45, 2.75) is 6.10 Å². The second-order valence-corrected chi connectivity index (χ2v) is 4.65. The van der Waals surface area contributed by atoms with Gasteiger partial charge in [0.15, 0.2) is 11.5 Å². The average molecular weight is 319 g/mol.